The van der Waals surface area contributed by atoms with Crippen molar-refractivity contribution in [2.45, 2.75) is 6.92 Å². The lowest BCUT2D eigenvalue weighted by Crippen LogP contribution is -2.43. The summed E-state index contributed by atoms with van der Waals surface area (Å²) in [6.07, 6.45) is 0. The van der Waals surface area contributed by atoms with Gasteiger partial charge in [0.25, 0.3) is 5.91 Å². The second-order valence-electron chi connectivity index (χ2n) is 3.90. The normalized spacial score (nSPS) is 16.2. The average molecular weight is 220 g/mol. The zero-order valence-corrected chi connectivity index (χ0v) is 9.36. The van der Waals surface area contributed by atoms with Gasteiger partial charge in [0, 0.05) is 26.2 Å². The lowest BCUT2D eigenvalue weighted by molar-refractivity contribution is 0.0995. The first-order chi connectivity index (χ1) is 7.68. The monoisotopic (exact) mass is 220 g/mol. The van der Waals surface area contributed by atoms with E-state index >= 15 is 0 Å². The number of aryl methyl sites for hydroxylation is 1. The largest absolute Gasteiger partial charge is 0.368 e. The lowest BCUT2D eigenvalue weighted by Gasteiger charge is -2.30. The van der Waals surface area contributed by atoms with E-state index < -0.39 is 5.91 Å². The van der Waals surface area contributed by atoms with E-state index in [2.05, 4.69) is 15.2 Å². The summed E-state index contributed by atoms with van der Waals surface area (Å²) in [5, 5.41) is 3.30. The third-order valence-electron chi connectivity index (χ3n) is 2.77. The van der Waals surface area contributed by atoms with E-state index in [9.17, 15) is 4.79 Å². The predicted molar refractivity (Wildman–Crippen MR) is 62.6 cm³/mol. The highest BCUT2D eigenvalue weighted by Gasteiger charge is 2.14. The van der Waals surface area contributed by atoms with Gasteiger partial charge in [-0.3, -0.25) is 4.79 Å². The van der Waals surface area contributed by atoms with Gasteiger partial charge in [0.1, 0.15) is 5.69 Å². The molecule has 0 aromatic carbocycles. The van der Waals surface area contributed by atoms with Crippen LogP contribution in [0.5, 0.6) is 0 Å². The van der Waals surface area contributed by atoms with Crippen molar-refractivity contribution in [3.63, 3.8) is 0 Å². The molecule has 0 radical (unpaired) electrons. The molecule has 5 nitrogen and oxygen atoms in total. The maximum absolute atomic E-state index is 11.0. The van der Waals surface area contributed by atoms with Crippen LogP contribution in [0.2, 0.25) is 0 Å². The Morgan fingerprint density at radius 3 is 2.69 bits per heavy atom. The molecule has 0 unspecified atom stereocenters. The molecule has 1 fully saturated rings. The Morgan fingerprint density at radius 2 is 2.12 bits per heavy atom. The Morgan fingerprint density at radius 1 is 1.44 bits per heavy atom. The maximum Gasteiger partial charge on any atom is 0.267 e. The average Bonchev–Trinajstić information content (AvgIpc) is 2.30. The Kier molecular flexibility index (Phi) is 3.05. The number of nitrogens with two attached hydrogens (primary N) is 1. The number of hydrogen-bond acceptors (Lipinski definition) is 4. The van der Waals surface area contributed by atoms with Crippen LogP contribution < -0.4 is 16.0 Å². The van der Waals surface area contributed by atoms with Crippen molar-refractivity contribution in [1.82, 2.24) is 10.3 Å². The van der Waals surface area contributed by atoms with Gasteiger partial charge in [0.2, 0.25) is 0 Å². The molecule has 2 heterocycles. The molecule has 0 saturated carbocycles. The summed E-state index contributed by atoms with van der Waals surface area (Å²) >= 11 is 0. The number of carbonyl (C=O) groups is 1. The molecule has 1 amide bonds. The summed E-state index contributed by atoms with van der Waals surface area (Å²) < 4.78 is 0. The molecule has 1 aliphatic rings. The van der Waals surface area contributed by atoms with E-state index in [0.717, 1.165) is 37.6 Å². The zero-order chi connectivity index (χ0) is 11.5. The summed E-state index contributed by atoms with van der Waals surface area (Å²) in [4.78, 5) is 17.5. The zero-order valence-electron chi connectivity index (χ0n) is 9.36. The molecule has 5 heteroatoms. The molecule has 0 bridgehead atoms. The number of aromatic nitrogens is 1. The van der Waals surface area contributed by atoms with E-state index in [1.54, 1.807) is 6.07 Å². The molecule has 0 atom stereocenters. The fourth-order valence-corrected chi connectivity index (χ4v) is 1.93. The van der Waals surface area contributed by atoms with Crippen LogP contribution >= 0.6 is 0 Å². The minimum absolute atomic E-state index is 0.330. The molecule has 2 rings (SSSR count). The number of primary amides is 1. The third kappa shape index (κ3) is 2.14. The number of rotatable bonds is 2. The van der Waals surface area contributed by atoms with Gasteiger partial charge in [-0.05, 0) is 19.1 Å². The van der Waals surface area contributed by atoms with E-state index in [1.807, 2.05) is 13.0 Å². The molecule has 0 aliphatic carbocycles. The van der Waals surface area contributed by atoms with Crippen LogP contribution in [0, 0.1) is 6.92 Å². The number of hydrogen-bond donors (Lipinski definition) is 2. The molecule has 16 heavy (non-hydrogen) atoms. The number of amides is 1. The summed E-state index contributed by atoms with van der Waals surface area (Å²) in [5.74, 6) is -0.477. The Hall–Kier alpha value is -1.62. The summed E-state index contributed by atoms with van der Waals surface area (Å²) in [6.45, 7) is 5.81. The van der Waals surface area contributed by atoms with Gasteiger partial charge in [-0.2, -0.15) is 0 Å². The van der Waals surface area contributed by atoms with Crippen LogP contribution in [0.4, 0.5) is 5.69 Å². The van der Waals surface area contributed by atoms with E-state index in [1.165, 1.54) is 0 Å². The number of piperazine rings is 1. The topological polar surface area (TPSA) is 71.2 Å². The molecular formula is C11H16N4O. The molecule has 86 valence electrons. The van der Waals surface area contributed by atoms with Crippen molar-refractivity contribution in [3.05, 3.63) is 23.5 Å². The van der Waals surface area contributed by atoms with E-state index in [4.69, 9.17) is 5.73 Å². The predicted octanol–water partition coefficient (Wildman–Crippen LogP) is -0.101. The second-order valence-corrected chi connectivity index (χ2v) is 3.90. The smallest absolute Gasteiger partial charge is 0.267 e. The number of anilines is 1. The van der Waals surface area contributed by atoms with Gasteiger partial charge in [0.15, 0.2) is 0 Å². The highest BCUT2D eigenvalue weighted by atomic mass is 16.1. The fourth-order valence-electron chi connectivity index (χ4n) is 1.93. The van der Waals surface area contributed by atoms with Crippen molar-refractivity contribution < 1.29 is 4.79 Å². The van der Waals surface area contributed by atoms with Gasteiger partial charge in [-0.15, -0.1) is 0 Å². The summed E-state index contributed by atoms with van der Waals surface area (Å²) in [6, 6.07) is 3.61. The number of nitrogens with zero attached hydrogens (tertiary/aromatic N) is 2. The number of carbonyl (C=O) groups excluding carboxylic acids is 1. The van der Waals surface area contributed by atoms with Gasteiger partial charge in [0.05, 0.1) is 11.4 Å². The third-order valence-corrected chi connectivity index (χ3v) is 2.77. The Labute approximate surface area is 94.6 Å². The van der Waals surface area contributed by atoms with Crippen LogP contribution in [0.1, 0.15) is 16.2 Å². The SMILES string of the molecule is Cc1nc(C(N)=O)ccc1N1CCNCC1. The van der Waals surface area contributed by atoms with Crippen molar-refractivity contribution >= 4 is 11.6 Å². The summed E-state index contributed by atoms with van der Waals surface area (Å²) in [5.41, 5.74) is 7.46. The van der Waals surface area contributed by atoms with Crippen LogP contribution in [0.15, 0.2) is 12.1 Å². The van der Waals surface area contributed by atoms with Gasteiger partial charge in [-0.1, -0.05) is 0 Å². The highest BCUT2D eigenvalue weighted by molar-refractivity contribution is 5.91. The van der Waals surface area contributed by atoms with Gasteiger partial charge in [-0.25, -0.2) is 4.98 Å². The summed E-state index contributed by atoms with van der Waals surface area (Å²) in [7, 11) is 0. The molecule has 1 aliphatic heterocycles. The Bertz CT molecular complexity index is 399. The van der Waals surface area contributed by atoms with E-state index in [-0.39, 0.29) is 0 Å². The molecule has 1 saturated heterocycles. The van der Waals surface area contributed by atoms with Crippen LogP contribution in [-0.4, -0.2) is 37.1 Å². The van der Waals surface area contributed by atoms with Gasteiger partial charge < -0.3 is 16.0 Å². The molecule has 1 aromatic heterocycles. The lowest BCUT2D eigenvalue weighted by atomic mass is 10.2. The highest BCUT2D eigenvalue weighted by Crippen LogP contribution is 2.18. The number of nitrogens with one attached hydrogen (secondary N) is 1. The second kappa shape index (κ2) is 4.49. The van der Waals surface area contributed by atoms with E-state index in [0.29, 0.717) is 5.69 Å². The standard InChI is InChI=1S/C11H16N4O/c1-8-10(15-6-4-13-5-7-15)3-2-9(14-8)11(12)16/h2-3,13H,4-7H2,1H3,(H2,12,16). The first kappa shape index (κ1) is 10.9. The molecule has 0 spiro atoms. The first-order valence-corrected chi connectivity index (χ1v) is 5.41. The fraction of sp³-hybridized carbons (Fsp3) is 0.455. The quantitative estimate of drug-likeness (QED) is 0.730. The Balaban J connectivity index is 2.24. The van der Waals surface area contributed by atoms with Crippen molar-refractivity contribution in [2.24, 2.45) is 5.73 Å². The van der Waals surface area contributed by atoms with Crippen molar-refractivity contribution in [3.8, 4) is 0 Å². The van der Waals surface area contributed by atoms with Crippen molar-refractivity contribution in [1.29, 1.82) is 0 Å². The minimum Gasteiger partial charge on any atom is -0.368 e. The molecular weight excluding hydrogens is 204 g/mol. The molecule has 3 N–H and O–H groups in total. The van der Waals surface area contributed by atoms with Crippen LogP contribution in [0.3, 0.4) is 0 Å². The van der Waals surface area contributed by atoms with Crippen LogP contribution in [-0.2, 0) is 0 Å². The van der Waals surface area contributed by atoms with Crippen molar-refractivity contribution in [2.75, 3.05) is 31.1 Å². The first-order valence-electron chi connectivity index (χ1n) is 5.41. The minimum atomic E-state index is -0.477. The van der Waals surface area contributed by atoms with Gasteiger partial charge >= 0.3 is 0 Å². The number of pyridine rings is 1. The molecule has 1 aromatic rings. The van der Waals surface area contributed by atoms with Crippen LogP contribution in [0.25, 0.3) is 0 Å². The maximum atomic E-state index is 11.0.